The van der Waals surface area contributed by atoms with Crippen molar-refractivity contribution in [3.63, 3.8) is 0 Å². The summed E-state index contributed by atoms with van der Waals surface area (Å²) < 4.78 is 9.73. The lowest BCUT2D eigenvalue weighted by Crippen LogP contribution is -2.70. The maximum Gasteiger partial charge on any atom is 0.352 e. The van der Waals surface area contributed by atoms with Crippen LogP contribution in [0.5, 0.6) is 0 Å². The van der Waals surface area contributed by atoms with Crippen LogP contribution in [0.25, 0.3) is 5.76 Å². The second-order valence-electron chi connectivity index (χ2n) is 6.16. The number of aliphatic hydroxyl groups is 1. The van der Waals surface area contributed by atoms with Crippen molar-refractivity contribution in [2.24, 2.45) is 5.18 Å². The van der Waals surface area contributed by atoms with Crippen LogP contribution in [0.2, 0.25) is 0 Å². The number of esters is 1. The minimum atomic E-state index is -1.38. The van der Waals surface area contributed by atoms with Gasteiger partial charge < -0.3 is 24.7 Å². The van der Waals surface area contributed by atoms with Gasteiger partial charge in [-0.25, -0.2) is 4.79 Å². The van der Waals surface area contributed by atoms with Crippen molar-refractivity contribution in [3.8, 4) is 0 Å². The number of furan rings is 1. The Morgan fingerprint density at radius 2 is 2.13 bits per heavy atom. The number of carboxylic acids is 1. The van der Waals surface area contributed by atoms with Crippen molar-refractivity contribution < 1.29 is 38.5 Å². The number of ether oxygens (including phenoxy) is 1. The molecule has 2 aliphatic heterocycles. The molecule has 3 rings (SSSR count). The average molecular weight is 437 g/mol. The van der Waals surface area contributed by atoms with Crippen molar-refractivity contribution >= 4 is 41.3 Å². The van der Waals surface area contributed by atoms with E-state index in [0.717, 1.165) is 16.7 Å². The van der Waals surface area contributed by atoms with Gasteiger partial charge in [-0.3, -0.25) is 19.3 Å². The van der Waals surface area contributed by atoms with Crippen molar-refractivity contribution in [2.45, 2.75) is 18.3 Å². The number of nitrogens with one attached hydrogen (secondary N) is 1. The minimum Gasteiger partial charge on any atom is -0.503 e. The number of fused-ring (bicyclic) bond motifs is 1. The molecule has 1 saturated heterocycles. The zero-order chi connectivity index (χ0) is 22.0. The second-order valence-corrected chi connectivity index (χ2v) is 7.27. The summed E-state index contributed by atoms with van der Waals surface area (Å²) in [6.07, 6.45) is 1.21. The summed E-state index contributed by atoms with van der Waals surface area (Å²) >= 11 is 1.15. The van der Waals surface area contributed by atoms with Gasteiger partial charge in [-0.1, -0.05) is 0 Å². The van der Waals surface area contributed by atoms with E-state index < -0.39 is 46.6 Å². The first-order valence-corrected chi connectivity index (χ1v) is 9.45. The average Bonchev–Trinajstić information content (AvgIpc) is 3.24. The Labute approximate surface area is 172 Å². The second kappa shape index (κ2) is 8.41. The Balaban J connectivity index is 1.78. The number of rotatable bonds is 7. The zero-order valence-electron chi connectivity index (χ0n) is 15.4. The van der Waals surface area contributed by atoms with E-state index in [1.54, 1.807) is 0 Å². The number of thioether (sulfide) groups is 1. The third kappa shape index (κ3) is 3.78. The number of carboxylic acid groups (broad SMARTS) is 1. The molecule has 0 aliphatic carbocycles. The molecule has 0 saturated carbocycles. The quantitative estimate of drug-likeness (QED) is 0.180. The van der Waals surface area contributed by atoms with Crippen molar-refractivity contribution in [1.29, 1.82) is 0 Å². The summed E-state index contributed by atoms with van der Waals surface area (Å²) in [6.45, 7) is 0.890. The van der Waals surface area contributed by atoms with Crippen molar-refractivity contribution in [3.05, 3.63) is 46.0 Å². The first-order valence-electron chi connectivity index (χ1n) is 8.41. The Bertz CT molecular complexity index is 983. The fraction of sp³-hybridized carbons (Fsp3) is 0.294. The number of β-lactam (4-membered cyclic amide) rings is 1. The molecule has 13 heteroatoms. The molecule has 1 aromatic heterocycles. The van der Waals surface area contributed by atoms with Crippen LogP contribution in [0.1, 0.15) is 12.7 Å². The molecule has 1 aromatic rings. The first-order chi connectivity index (χ1) is 14.3. The van der Waals surface area contributed by atoms with Gasteiger partial charge in [0.1, 0.15) is 23.7 Å². The zero-order valence-corrected chi connectivity index (χ0v) is 16.2. The lowest BCUT2D eigenvalue weighted by molar-refractivity contribution is -0.150. The molecule has 0 spiro atoms. The van der Waals surface area contributed by atoms with Gasteiger partial charge >= 0.3 is 11.9 Å². The van der Waals surface area contributed by atoms with E-state index in [-0.39, 0.29) is 29.4 Å². The van der Waals surface area contributed by atoms with Gasteiger partial charge in [-0.2, -0.15) is 0 Å². The number of carbonyl (C=O) groups is 4. The topological polar surface area (TPSA) is 176 Å². The number of aliphatic hydroxyl groups excluding tert-OH is 1. The number of nitrogens with zero attached hydrogens (tertiary/aromatic N) is 2. The van der Waals surface area contributed by atoms with Crippen LogP contribution < -0.4 is 5.32 Å². The number of amides is 2. The lowest BCUT2D eigenvalue weighted by atomic mass is 10.0. The molecule has 2 amide bonds. The Kier molecular flexibility index (Phi) is 5.91. The highest BCUT2D eigenvalue weighted by atomic mass is 32.2. The van der Waals surface area contributed by atoms with E-state index >= 15 is 0 Å². The molecule has 3 heterocycles. The molecule has 158 valence electrons. The molecule has 2 aliphatic rings. The predicted octanol–water partition coefficient (Wildman–Crippen LogP) is 0.574. The van der Waals surface area contributed by atoms with Crippen LogP contribution in [0.15, 0.2) is 45.0 Å². The maximum absolute atomic E-state index is 12.5. The fourth-order valence-electron chi connectivity index (χ4n) is 2.91. The standard InChI is InChI=1S/C17H15N3O9S/c1-7(21)29-5-8-6-30-16-11(15(24)20(16)12(8)17(25)26)18-14(23)10(19-27)13(22)9-3-2-4-28-9/h2-4,11,16,22H,5-6H2,1H3,(H,18,23)(H,25,26)/t11-,16+/m1/s1. The highest BCUT2D eigenvalue weighted by molar-refractivity contribution is 8.00. The first kappa shape index (κ1) is 21.1. The number of nitroso groups, excluding NO2 is 1. The largest absolute Gasteiger partial charge is 0.503 e. The molecular formula is C17H15N3O9S. The Morgan fingerprint density at radius 1 is 1.40 bits per heavy atom. The molecule has 0 unspecified atom stereocenters. The minimum absolute atomic E-state index is 0.141. The summed E-state index contributed by atoms with van der Waals surface area (Å²) in [5, 5.41) is 23.5. The third-order valence-corrected chi connectivity index (χ3v) is 5.61. The van der Waals surface area contributed by atoms with Gasteiger partial charge in [0.25, 0.3) is 11.8 Å². The summed E-state index contributed by atoms with van der Waals surface area (Å²) in [7, 11) is 0. The highest BCUT2D eigenvalue weighted by Gasteiger charge is 2.54. The van der Waals surface area contributed by atoms with Gasteiger partial charge in [0.15, 0.2) is 11.5 Å². The molecule has 0 radical (unpaired) electrons. The van der Waals surface area contributed by atoms with Gasteiger partial charge in [-0.15, -0.1) is 16.7 Å². The molecule has 2 atom stereocenters. The van der Waals surface area contributed by atoms with Crippen LogP contribution in [0.4, 0.5) is 0 Å². The van der Waals surface area contributed by atoms with Gasteiger partial charge in [0, 0.05) is 18.2 Å². The summed E-state index contributed by atoms with van der Waals surface area (Å²) in [5.41, 5.74) is -0.970. The Hall–Kier alpha value is -3.61. The van der Waals surface area contributed by atoms with E-state index in [9.17, 15) is 34.3 Å². The number of hydrogen-bond donors (Lipinski definition) is 3. The van der Waals surface area contributed by atoms with Crippen molar-refractivity contribution in [2.75, 3.05) is 12.4 Å². The number of hydrogen-bond acceptors (Lipinski definition) is 10. The number of carbonyl (C=O) groups excluding carboxylic acids is 3. The highest BCUT2D eigenvalue weighted by Crippen LogP contribution is 2.40. The van der Waals surface area contributed by atoms with Crippen LogP contribution in [0.3, 0.4) is 0 Å². The van der Waals surface area contributed by atoms with Crippen LogP contribution in [0, 0.1) is 4.91 Å². The smallest absolute Gasteiger partial charge is 0.352 e. The van der Waals surface area contributed by atoms with Gasteiger partial charge in [-0.05, 0) is 17.3 Å². The summed E-state index contributed by atoms with van der Waals surface area (Å²) in [6, 6.07) is 1.58. The van der Waals surface area contributed by atoms with E-state index in [2.05, 4.69) is 10.5 Å². The maximum atomic E-state index is 12.5. The van der Waals surface area contributed by atoms with E-state index in [4.69, 9.17) is 9.15 Å². The predicted molar refractivity (Wildman–Crippen MR) is 100 cm³/mol. The monoisotopic (exact) mass is 437 g/mol. The lowest BCUT2D eigenvalue weighted by Gasteiger charge is -2.49. The summed E-state index contributed by atoms with van der Waals surface area (Å²) in [5.74, 6) is -4.67. The molecule has 12 nitrogen and oxygen atoms in total. The van der Waals surface area contributed by atoms with Crippen LogP contribution in [-0.2, 0) is 23.9 Å². The van der Waals surface area contributed by atoms with E-state index in [0.29, 0.717) is 0 Å². The van der Waals surface area contributed by atoms with E-state index in [1.165, 1.54) is 25.3 Å². The van der Waals surface area contributed by atoms with Gasteiger partial charge in [0.2, 0.25) is 5.70 Å². The molecule has 0 aromatic carbocycles. The fourth-order valence-corrected chi connectivity index (χ4v) is 4.24. The summed E-state index contributed by atoms with van der Waals surface area (Å²) in [4.78, 5) is 59.6. The van der Waals surface area contributed by atoms with E-state index in [1.807, 2.05) is 0 Å². The van der Waals surface area contributed by atoms with Crippen LogP contribution in [-0.4, -0.2) is 62.6 Å². The number of aliphatic carboxylic acids is 1. The van der Waals surface area contributed by atoms with Crippen molar-refractivity contribution in [1.82, 2.24) is 10.2 Å². The molecule has 1 fully saturated rings. The Morgan fingerprint density at radius 3 is 2.70 bits per heavy atom. The molecule has 0 bridgehead atoms. The molecule has 30 heavy (non-hydrogen) atoms. The third-order valence-electron chi connectivity index (χ3n) is 4.27. The SMILES string of the molecule is CC(=O)OCC1=C(C(=O)O)N2C(=O)[C@@H](NC(=O)C(N=O)=C(O)c3ccco3)[C@@H]2SC1. The van der Waals surface area contributed by atoms with Crippen LogP contribution >= 0.6 is 11.8 Å². The van der Waals surface area contributed by atoms with Gasteiger partial charge in [0.05, 0.1) is 6.26 Å². The molecule has 3 N–H and O–H groups in total. The molecular weight excluding hydrogens is 422 g/mol. The normalized spacial score (nSPS) is 21.2.